The molecule has 0 atom stereocenters. The van der Waals surface area contributed by atoms with Crippen molar-refractivity contribution in [3.63, 3.8) is 0 Å². The minimum Gasteiger partial charge on any atom is -0.385 e. The molecule has 1 aliphatic rings. The number of aromatic nitrogens is 1. The molecule has 2 aromatic rings. The van der Waals surface area contributed by atoms with Crippen molar-refractivity contribution in [2.75, 3.05) is 17.6 Å². The summed E-state index contributed by atoms with van der Waals surface area (Å²) in [6.45, 7) is 1.01. The molecule has 1 aromatic heterocycles. The molecule has 1 aromatic carbocycles. The van der Waals surface area contributed by atoms with Gasteiger partial charge < -0.3 is 11.1 Å². The van der Waals surface area contributed by atoms with Gasteiger partial charge in [-0.3, -0.25) is 4.79 Å². The Hall–Kier alpha value is -2.36. The first kappa shape index (κ1) is 12.7. The Labute approximate surface area is 118 Å². The van der Waals surface area contributed by atoms with Crippen LogP contribution in [0.3, 0.4) is 0 Å². The summed E-state index contributed by atoms with van der Waals surface area (Å²) in [6, 6.07) is 9.48. The predicted octanol–water partition coefficient (Wildman–Crippen LogP) is 2.45. The van der Waals surface area contributed by atoms with Crippen LogP contribution >= 0.6 is 0 Å². The molecule has 4 nitrogen and oxygen atoms in total. The van der Waals surface area contributed by atoms with Gasteiger partial charge in [0.05, 0.1) is 0 Å². The summed E-state index contributed by atoms with van der Waals surface area (Å²) >= 11 is 0. The number of ketones is 1. The van der Waals surface area contributed by atoms with Gasteiger partial charge in [-0.15, -0.1) is 0 Å². The van der Waals surface area contributed by atoms with Crippen LogP contribution in [-0.4, -0.2) is 17.3 Å². The minimum atomic E-state index is 0.115. The number of Topliss-reactive ketones (excluding diaryl/α,β-unsaturated/α-hetero) is 1. The van der Waals surface area contributed by atoms with Crippen molar-refractivity contribution in [3.8, 4) is 0 Å². The average molecular weight is 267 g/mol. The van der Waals surface area contributed by atoms with E-state index < -0.39 is 0 Å². The molecule has 0 spiro atoms. The first-order chi connectivity index (χ1) is 9.72. The van der Waals surface area contributed by atoms with Crippen molar-refractivity contribution < 1.29 is 4.79 Å². The van der Waals surface area contributed by atoms with E-state index >= 15 is 0 Å². The Morgan fingerprint density at radius 1 is 1.30 bits per heavy atom. The highest BCUT2D eigenvalue weighted by atomic mass is 16.1. The number of fused-ring (bicyclic) bond motifs is 1. The molecular formula is C16H17N3O. The molecule has 0 aliphatic carbocycles. The highest BCUT2D eigenvalue weighted by molar-refractivity contribution is 5.98. The summed E-state index contributed by atoms with van der Waals surface area (Å²) in [6.07, 6.45) is 4.14. The van der Waals surface area contributed by atoms with E-state index in [2.05, 4.69) is 10.3 Å². The lowest BCUT2D eigenvalue weighted by molar-refractivity contribution is 0.0993. The van der Waals surface area contributed by atoms with Crippen LogP contribution in [0.15, 0.2) is 36.5 Å². The maximum Gasteiger partial charge on any atom is 0.167 e. The number of nitrogens with zero attached hydrogens (tertiary/aromatic N) is 1. The number of aryl methyl sites for hydroxylation is 1. The molecule has 20 heavy (non-hydrogen) atoms. The number of hydrogen-bond acceptors (Lipinski definition) is 4. The second-order valence-electron chi connectivity index (χ2n) is 5.09. The first-order valence-corrected chi connectivity index (χ1v) is 6.83. The summed E-state index contributed by atoms with van der Waals surface area (Å²) in [4.78, 5) is 16.3. The van der Waals surface area contributed by atoms with Crippen molar-refractivity contribution in [3.05, 3.63) is 53.2 Å². The quantitative estimate of drug-likeness (QED) is 0.838. The van der Waals surface area contributed by atoms with Crippen LogP contribution in [0.2, 0.25) is 0 Å². The minimum absolute atomic E-state index is 0.115. The lowest BCUT2D eigenvalue weighted by Crippen LogP contribution is -2.13. The number of nitrogen functional groups attached to an aromatic ring is 1. The fourth-order valence-corrected chi connectivity index (χ4v) is 2.54. The molecule has 4 heteroatoms. The highest BCUT2D eigenvalue weighted by Crippen LogP contribution is 2.23. The predicted molar refractivity (Wildman–Crippen MR) is 79.9 cm³/mol. The number of rotatable bonds is 3. The van der Waals surface area contributed by atoms with E-state index in [1.807, 2.05) is 24.3 Å². The van der Waals surface area contributed by atoms with E-state index in [9.17, 15) is 4.79 Å². The molecule has 0 amide bonds. The van der Waals surface area contributed by atoms with Crippen molar-refractivity contribution in [2.24, 2.45) is 0 Å². The lowest BCUT2D eigenvalue weighted by Gasteiger charge is -2.18. The maximum absolute atomic E-state index is 12.3. The summed E-state index contributed by atoms with van der Waals surface area (Å²) < 4.78 is 0. The van der Waals surface area contributed by atoms with E-state index in [4.69, 9.17) is 5.73 Å². The van der Waals surface area contributed by atoms with Gasteiger partial charge in [0.25, 0.3) is 0 Å². The standard InChI is InChI=1S/C16H17N3O/c17-16-9-11(5-7-19-16)8-15(20)13-3-4-14-12(10-13)2-1-6-18-14/h3-5,7,9-10,18H,1-2,6,8H2,(H2,17,19). The number of carbonyl (C=O) groups excluding carboxylic acids is 1. The SMILES string of the molecule is Nc1cc(CC(=O)c2ccc3c(c2)CCCN3)ccn1. The summed E-state index contributed by atoms with van der Waals surface area (Å²) in [7, 11) is 0. The zero-order valence-corrected chi connectivity index (χ0v) is 11.2. The van der Waals surface area contributed by atoms with Crippen molar-refractivity contribution >= 4 is 17.3 Å². The molecule has 0 fully saturated rings. The number of nitrogens with one attached hydrogen (secondary N) is 1. The molecule has 1 aliphatic heterocycles. The van der Waals surface area contributed by atoms with Gasteiger partial charge in [0.15, 0.2) is 5.78 Å². The zero-order chi connectivity index (χ0) is 13.9. The van der Waals surface area contributed by atoms with Gasteiger partial charge in [0.1, 0.15) is 5.82 Å². The van der Waals surface area contributed by atoms with Crippen LogP contribution in [0.5, 0.6) is 0 Å². The molecule has 0 radical (unpaired) electrons. The van der Waals surface area contributed by atoms with Crippen molar-refractivity contribution in [2.45, 2.75) is 19.3 Å². The number of benzene rings is 1. The second kappa shape index (κ2) is 5.33. The average Bonchev–Trinajstić information content (AvgIpc) is 2.47. The van der Waals surface area contributed by atoms with Crippen LogP contribution in [0.25, 0.3) is 0 Å². The maximum atomic E-state index is 12.3. The van der Waals surface area contributed by atoms with Gasteiger partial charge in [-0.05, 0) is 54.3 Å². The molecule has 3 N–H and O–H groups in total. The Bertz CT molecular complexity index is 652. The van der Waals surface area contributed by atoms with Crippen LogP contribution in [0, 0.1) is 0 Å². The third-order valence-electron chi connectivity index (χ3n) is 3.58. The van der Waals surface area contributed by atoms with E-state index in [0.717, 1.165) is 36.2 Å². The zero-order valence-electron chi connectivity index (χ0n) is 11.2. The smallest absolute Gasteiger partial charge is 0.167 e. The summed E-state index contributed by atoms with van der Waals surface area (Å²) in [5.74, 6) is 0.564. The Morgan fingerprint density at radius 3 is 3.05 bits per heavy atom. The first-order valence-electron chi connectivity index (χ1n) is 6.83. The molecule has 0 bridgehead atoms. The third kappa shape index (κ3) is 2.64. The highest BCUT2D eigenvalue weighted by Gasteiger charge is 2.13. The molecule has 0 unspecified atom stereocenters. The Morgan fingerprint density at radius 2 is 2.20 bits per heavy atom. The van der Waals surface area contributed by atoms with Gasteiger partial charge in [-0.2, -0.15) is 0 Å². The van der Waals surface area contributed by atoms with Crippen LogP contribution in [0.4, 0.5) is 11.5 Å². The topological polar surface area (TPSA) is 68.0 Å². The molecule has 3 rings (SSSR count). The number of hydrogen-bond donors (Lipinski definition) is 2. The van der Waals surface area contributed by atoms with Crippen LogP contribution in [0.1, 0.15) is 27.9 Å². The fraction of sp³-hybridized carbons (Fsp3) is 0.250. The van der Waals surface area contributed by atoms with Crippen molar-refractivity contribution in [1.29, 1.82) is 0 Å². The van der Waals surface area contributed by atoms with Crippen LogP contribution in [-0.2, 0) is 12.8 Å². The van der Waals surface area contributed by atoms with Crippen molar-refractivity contribution in [1.82, 2.24) is 4.98 Å². The normalized spacial score (nSPS) is 13.4. The van der Waals surface area contributed by atoms with E-state index in [1.54, 1.807) is 12.3 Å². The summed E-state index contributed by atoms with van der Waals surface area (Å²) in [5.41, 5.74) is 9.69. The van der Waals surface area contributed by atoms with Gasteiger partial charge >= 0.3 is 0 Å². The molecule has 102 valence electrons. The fourth-order valence-electron chi connectivity index (χ4n) is 2.54. The molecular weight excluding hydrogens is 250 g/mol. The Balaban J connectivity index is 1.80. The molecule has 2 heterocycles. The monoisotopic (exact) mass is 267 g/mol. The second-order valence-corrected chi connectivity index (χ2v) is 5.09. The number of nitrogens with two attached hydrogens (primary N) is 1. The van der Waals surface area contributed by atoms with Gasteiger partial charge in [0.2, 0.25) is 0 Å². The van der Waals surface area contributed by atoms with Crippen LogP contribution < -0.4 is 11.1 Å². The third-order valence-corrected chi connectivity index (χ3v) is 3.58. The van der Waals surface area contributed by atoms with Gasteiger partial charge in [0, 0.05) is 30.4 Å². The van der Waals surface area contributed by atoms with Gasteiger partial charge in [-0.25, -0.2) is 4.98 Å². The number of anilines is 2. The number of carbonyl (C=O) groups is 1. The number of pyridine rings is 1. The molecule has 0 saturated heterocycles. The molecule has 0 saturated carbocycles. The Kier molecular flexibility index (Phi) is 3.37. The van der Waals surface area contributed by atoms with Gasteiger partial charge in [-0.1, -0.05) is 0 Å². The lowest BCUT2D eigenvalue weighted by atomic mass is 9.97. The van der Waals surface area contributed by atoms with E-state index in [-0.39, 0.29) is 5.78 Å². The van der Waals surface area contributed by atoms with E-state index in [1.165, 1.54) is 5.56 Å². The summed E-state index contributed by atoms with van der Waals surface area (Å²) in [5, 5.41) is 3.35. The van der Waals surface area contributed by atoms with E-state index in [0.29, 0.717) is 12.2 Å². The largest absolute Gasteiger partial charge is 0.385 e.